The zero-order chi connectivity index (χ0) is 22.9. The first-order valence-corrected chi connectivity index (χ1v) is 13.0. The normalized spacial score (nSPS) is 19.8. The number of nitrogens with zero attached hydrogens (tertiary/aromatic N) is 1. The molecule has 0 radical (unpaired) electrons. The average Bonchev–Trinajstić information content (AvgIpc) is 2.80. The van der Waals surface area contributed by atoms with Gasteiger partial charge in [-0.1, -0.05) is 23.2 Å². The number of piperidine rings is 1. The van der Waals surface area contributed by atoms with Crippen LogP contribution >= 0.6 is 35.6 Å². The highest BCUT2D eigenvalue weighted by atomic mass is 35.5. The number of ether oxygens (including phenoxy) is 2. The van der Waals surface area contributed by atoms with E-state index >= 15 is 0 Å². The highest BCUT2D eigenvalue weighted by molar-refractivity contribution is 7.92. The molecule has 2 heterocycles. The Bertz CT molecular complexity index is 1090. The minimum absolute atomic E-state index is 0. The van der Waals surface area contributed by atoms with Crippen LogP contribution in [0.5, 0.6) is 11.5 Å². The molecule has 33 heavy (non-hydrogen) atoms. The van der Waals surface area contributed by atoms with Gasteiger partial charge in [-0.3, -0.25) is 4.90 Å². The molecule has 0 aliphatic carbocycles. The number of halogens is 3. The second kappa shape index (κ2) is 11.0. The molecular formula is C23H29Cl3N2O4S. The van der Waals surface area contributed by atoms with Gasteiger partial charge in [0.25, 0.3) is 0 Å². The zero-order valence-electron chi connectivity index (χ0n) is 18.6. The van der Waals surface area contributed by atoms with Crippen LogP contribution < -0.4 is 14.8 Å². The smallest absolute Gasteiger partial charge is 0.196 e. The van der Waals surface area contributed by atoms with Crippen molar-refractivity contribution in [3.05, 3.63) is 51.5 Å². The van der Waals surface area contributed by atoms with Crippen molar-refractivity contribution in [2.75, 3.05) is 33.9 Å². The fourth-order valence-corrected chi connectivity index (χ4v) is 7.70. The quantitative estimate of drug-likeness (QED) is 0.584. The SMILES string of the molecule is COc1cc2c(cc1OC)CN(C(C1CCCNC1)S(=O)(=O)c1cc(Cl)ccc1Cl)CC2.Cl. The van der Waals surface area contributed by atoms with Crippen LogP contribution in [0.25, 0.3) is 0 Å². The summed E-state index contributed by atoms with van der Waals surface area (Å²) in [7, 11) is -0.549. The van der Waals surface area contributed by atoms with Crippen LogP contribution in [0.15, 0.2) is 35.2 Å². The molecule has 2 aliphatic rings. The van der Waals surface area contributed by atoms with Crippen molar-refractivity contribution in [1.29, 1.82) is 0 Å². The maximum absolute atomic E-state index is 14.0. The molecule has 6 nitrogen and oxygen atoms in total. The summed E-state index contributed by atoms with van der Waals surface area (Å²) in [6.07, 6.45) is 2.50. The van der Waals surface area contributed by atoms with Gasteiger partial charge in [-0.25, -0.2) is 8.42 Å². The predicted octanol–water partition coefficient (Wildman–Crippen LogP) is 4.59. The lowest BCUT2D eigenvalue weighted by Crippen LogP contribution is -2.52. The van der Waals surface area contributed by atoms with E-state index in [0.29, 0.717) is 36.2 Å². The Labute approximate surface area is 211 Å². The fraction of sp³-hybridized carbons (Fsp3) is 0.478. The highest BCUT2D eigenvalue weighted by Crippen LogP contribution is 2.38. The third-order valence-corrected chi connectivity index (χ3v) is 9.31. The second-order valence-electron chi connectivity index (χ2n) is 8.31. The number of fused-ring (bicyclic) bond motifs is 1. The molecule has 182 valence electrons. The van der Waals surface area contributed by atoms with E-state index in [1.165, 1.54) is 6.07 Å². The van der Waals surface area contributed by atoms with E-state index in [9.17, 15) is 8.42 Å². The van der Waals surface area contributed by atoms with Crippen molar-refractivity contribution in [2.45, 2.75) is 36.1 Å². The molecule has 10 heteroatoms. The Hall–Kier alpha value is -1.22. The van der Waals surface area contributed by atoms with Gasteiger partial charge in [-0.2, -0.15) is 0 Å². The third kappa shape index (κ3) is 5.39. The van der Waals surface area contributed by atoms with Crippen LogP contribution in [0.2, 0.25) is 10.0 Å². The van der Waals surface area contributed by atoms with Crippen LogP contribution in [0, 0.1) is 5.92 Å². The summed E-state index contributed by atoms with van der Waals surface area (Å²) in [5.41, 5.74) is 2.20. The standard InChI is InChI=1S/C23H28Cl2N2O4S.ClH/c1-30-20-10-15-7-9-27(14-17(15)11-21(20)31-2)23(16-4-3-8-26-13-16)32(28,29)22-12-18(24)5-6-19(22)25;/h5-6,10-12,16,23,26H,3-4,7-9,13-14H2,1-2H3;1H. The third-order valence-electron chi connectivity index (χ3n) is 6.36. The first-order chi connectivity index (χ1) is 15.3. The summed E-state index contributed by atoms with van der Waals surface area (Å²) in [6, 6.07) is 8.57. The Morgan fingerprint density at radius 2 is 1.79 bits per heavy atom. The molecule has 0 aromatic heterocycles. The van der Waals surface area contributed by atoms with E-state index in [2.05, 4.69) is 10.2 Å². The molecule has 1 N–H and O–H groups in total. The monoisotopic (exact) mass is 534 g/mol. The van der Waals surface area contributed by atoms with E-state index < -0.39 is 15.2 Å². The van der Waals surface area contributed by atoms with Crippen LogP contribution in [0.1, 0.15) is 24.0 Å². The summed E-state index contributed by atoms with van der Waals surface area (Å²) in [5, 5.41) is 3.23. The van der Waals surface area contributed by atoms with Crippen molar-refractivity contribution in [1.82, 2.24) is 10.2 Å². The molecule has 2 atom stereocenters. The molecule has 2 aromatic carbocycles. The first-order valence-electron chi connectivity index (χ1n) is 10.7. The zero-order valence-corrected chi connectivity index (χ0v) is 21.8. The Balaban J connectivity index is 0.00000306. The molecular weight excluding hydrogens is 507 g/mol. The van der Waals surface area contributed by atoms with Gasteiger partial charge < -0.3 is 14.8 Å². The van der Waals surface area contributed by atoms with E-state index in [1.807, 2.05) is 12.1 Å². The molecule has 2 unspecified atom stereocenters. The first kappa shape index (κ1) is 26.4. The Morgan fingerprint density at radius 3 is 2.42 bits per heavy atom. The maximum atomic E-state index is 14.0. The van der Waals surface area contributed by atoms with Crippen LogP contribution in [0.4, 0.5) is 0 Å². The number of hydrogen-bond donors (Lipinski definition) is 1. The lowest BCUT2D eigenvalue weighted by Gasteiger charge is -2.41. The molecule has 0 saturated carbocycles. The minimum atomic E-state index is -3.77. The van der Waals surface area contributed by atoms with Gasteiger partial charge >= 0.3 is 0 Å². The lowest BCUT2D eigenvalue weighted by molar-refractivity contribution is 0.161. The molecule has 4 rings (SSSR count). The molecule has 1 saturated heterocycles. The highest BCUT2D eigenvalue weighted by Gasteiger charge is 2.42. The predicted molar refractivity (Wildman–Crippen MR) is 134 cm³/mol. The lowest BCUT2D eigenvalue weighted by atomic mass is 9.95. The van der Waals surface area contributed by atoms with E-state index in [-0.39, 0.29) is 28.2 Å². The minimum Gasteiger partial charge on any atom is -0.493 e. The number of hydrogen-bond acceptors (Lipinski definition) is 6. The summed E-state index contributed by atoms with van der Waals surface area (Å²) in [4.78, 5) is 2.17. The van der Waals surface area contributed by atoms with Gasteiger partial charge in [0.05, 0.1) is 24.1 Å². The van der Waals surface area contributed by atoms with Crippen LogP contribution in [0.3, 0.4) is 0 Å². The van der Waals surface area contributed by atoms with Crippen LogP contribution in [-0.4, -0.2) is 52.5 Å². The Morgan fingerprint density at radius 1 is 1.09 bits per heavy atom. The van der Waals surface area contributed by atoms with E-state index in [1.54, 1.807) is 26.4 Å². The summed E-state index contributed by atoms with van der Waals surface area (Å²) < 4.78 is 38.9. The topological polar surface area (TPSA) is 67.9 Å². The molecule has 0 amide bonds. The summed E-state index contributed by atoms with van der Waals surface area (Å²) in [5.74, 6) is 1.28. The molecule has 2 aromatic rings. The summed E-state index contributed by atoms with van der Waals surface area (Å²) in [6.45, 7) is 2.69. The van der Waals surface area contributed by atoms with Gasteiger partial charge in [0.15, 0.2) is 21.3 Å². The number of nitrogens with one attached hydrogen (secondary N) is 1. The Kier molecular flexibility index (Phi) is 8.81. The molecule has 0 bridgehead atoms. The van der Waals surface area contributed by atoms with Gasteiger partial charge in [0, 0.05) is 30.6 Å². The van der Waals surface area contributed by atoms with Crippen LogP contribution in [-0.2, 0) is 22.8 Å². The van der Waals surface area contributed by atoms with Crippen molar-refractivity contribution < 1.29 is 17.9 Å². The van der Waals surface area contributed by atoms with Gasteiger partial charge in [-0.15, -0.1) is 12.4 Å². The number of rotatable bonds is 6. The number of sulfone groups is 1. The maximum Gasteiger partial charge on any atom is 0.196 e. The van der Waals surface area contributed by atoms with Gasteiger partial charge in [-0.05, 0) is 67.3 Å². The average molecular weight is 536 g/mol. The van der Waals surface area contributed by atoms with E-state index in [4.69, 9.17) is 32.7 Å². The fourth-order valence-electron chi connectivity index (χ4n) is 4.82. The number of benzene rings is 2. The van der Waals surface area contributed by atoms with E-state index in [0.717, 1.165) is 36.9 Å². The van der Waals surface area contributed by atoms with Crippen molar-refractivity contribution >= 4 is 45.4 Å². The summed E-state index contributed by atoms with van der Waals surface area (Å²) >= 11 is 12.5. The molecule has 0 spiro atoms. The van der Waals surface area contributed by atoms with Crippen molar-refractivity contribution in [2.24, 2.45) is 5.92 Å². The van der Waals surface area contributed by atoms with Crippen molar-refractivity contribution in [3.8, 4) is 11.5 Å². The largest absolute Gasteiger partial charge is 0.493 e. The molecule has 2 aliphatic heterocycles. The van der Waals surface area contributed by atoms with Crippen molar-refractivity contribution in [3.63, 3.8) is 0 Å². The number of methoxy groups -OCH3 is 2. The second-order valence-corrected chi connectivity index (χ2v) is 11.2. The van der Waals surface area contributed by atoms with Gasteiger partial charge in [0.2, 0.25) is 0 Å². The molecule has 1 fully saturated rings. The van der Waals surface area contributed by atoms with Gasteiger partial charge in [0.1, 0.15) is 5.37 Å².